The molecule has 0 saturated heterocycles. The van der Waals surface area contributed by atoms with Gasteiger partial charge in [-0.1, -0.05) is 23.8 Å². The van der Waals surface area contributed by atoms with E-state index in [0.717, 1.165) is 11.1 Å². The summed E-state index contributed by atoms with van der Waals surface area (Å²) in [6.45, 7) is 4.96. The molecule has 40 heavy (non-hydrogen) atoms. The van der Waals surface area contributed by atoms with Gasteiger partial charge in [-0.05, 0) is 49.6 Å². The molecule has 0 aliphatic carbocycles. The zero-order chi connectivity index (χ0) is 29.2. The Morgan fingerprint density at radius 1 is 1.12 bits per heavy atom. The zero-order valence-corrected chi connectivity index (χ0v) is 23.2. The van der Waals surface area contributed by atoms with Crippen LogP contribution in [0.1, 0.15) is 32.6 Å². The van der Waals surface area contributed by atoms with Gasteiger partial charge in [-0.15, -0.1) is 0 Å². The van der Waals surface area contributed by atoms with Gasteiger partial charge in [0.2, 0.25) is 15.5 Å². The maximum absolute atomic E-state index is 13.1. The highest BCUT2D eigenvalue weighted by Crippen LogP contribution is 2.22. The summed E-state index contributed by atoms with van der Waals surface area (Å²) in [5, 5.41) is 15.5. The topological polar surface area (TPSA) is 175 Å². The van der Waals surface area contributed by atoms with Gasteiger partial charge >= 0.3 is 5.97 Å². The minimum atomic E-state index is -4.22. The molecule has 0 fully saturated rings. The molecule has 210 valence electrons. The van der Waals surface area contributed by atoms with Crippen molar-refractivity contribution in [2.24, 2.45) is 7.05 Å². The van der Waals surface area contributed by atoms with Crippen molar-refractivity contribution in [3.63, 3.8) is 0 Å². The number of hydrogen-bond donors (Lipinski definition) is 5. The second kappa shape index (κ2) is 11.3. The number of hydrogen-bond acceptors (Lipinski definition) is 7. The van der Waals surface area contributed by atoms with E-state index in [2.05, 4.69) is 25.3 Å². The lowest BCUT2D eigenvalue weighted by molar-refractivity contribution is -0.138. The van der Waals surface area contributed by atoms with Crippen LogP contribution in [0.3, 0.4) is 0 Å². The van der Waals surface area contributed by atoms with Gasteiger partial charge in [0.1, 0.15) is 11.6 Å². The van der Waals surface area contributed by atoms with Gasteiger partial charge in [-0.3, -0.25) is 14.4 Å². The number of anilines is 1. The molecular formula is C27H30N6O6S. The Morgan fingerprint density at radius 2 is 1.82 bits per heavy atom. The van der Waals surface area contributed by atoms with Crippen LogP contribution < -0.4 is 20.8 Å². The zero-order valence-electron chi connectivity index (χ0n) is 22.4. The minimum Gasteiger partial charge on any atom is -0.480 e. The van der Waals surface area contributed by atoms with E-state index in [1.807, 2.05) is 13.0 Å². The lowest BCUT2D eigenvalue weighted by Gasteiger charge is -2.18. The first-order chi connectivity index (χ1) is 18.9. The fourth-order valence-electron chi connectivity index (χ4n) is 4.65. The largest absolute Gasteiger partial charge is 0.480 e. The number of aromatic amines is 1. The lowest BCUT2D eigenvalue weighted by atomic mass is 10.1. The van der Waals surface area contributed by atoms with Crippen LogP contribution >= 0.6 is 0 Å². The molecule has 0 spiro atoms. The average Bonchev–Trinajstić information content (AvgIpc) is 3.40. The number of imidazole rings is 1. The van der Waals surface area contributed by atoms with Crippen molar-refractivity contribution in [1.29, 1.82) is 0 Å². The smallest absolute Gasteiger partial charge is 0.323 e. The van der Waals surface area contributed by atoms with E-state index in [1.54, 1.807) is 62.1 Å². The Morgan fingerprint density at radius 3 is 2.45 bits per heavy atom. The summed E-state index contributed by atoms with van der Waals surface area (Å²) in [4.78, 5) is 45.0. The summed E-state index contributed by atoms with van der Waals surface area (Å²) in [6, 6.07) is 6.90. The molecular weight excluding hydrogens is 536 g/mol. The van der Waals surface area contributed by atoms with E-state index in [9.17, 15) is 27.9 Å². The highest BCUT2D eigenvalue weighted by Gasteiger charge is 2.29. The minimum absolute atomic E-state index is 0.0159. The number of nitrogens with zero attached hydrogens (tertiary/aromatic N) is 2. The van der Waals surface area contributed by atoms with Crippen LogP contribution in [0, 0.1) is 20.8 Å². The number of rotatable bonds is 10. The van der Waals surface area contributed by atoms with E-state index in [4.69, 9.17) is 0 Å². The number of H-pyrrole nitrogens is 1. The normalized spacial score (nSPS) is 12.3. The summed E-state index contributed by atoms with van der Waals surface area (Å²) in [5.41, 5.74) is 2.56. The first-order valence-electron chi connectivity index (χ1n) is 12.3. The van der Waals surface area contributed by atoms with Crippen molar-refractivity contribution in [1.82, 2.24) is 24.6 Å². The van der Waals surface area contributed by atoms with Crippen LogP contribution in [0.25, 0.3) is 10.9 Å². The Hall–Kier alpha value is -4.49. The van der Waals surface area contributed by atoms with Crippen LogP contribution in [0.2, 0.25) is 0 Å². The van der Waals surface area contributed by atoms with Crippen molar-refractivity contribution >= 4 is 38.8 Å². The number of carboxylic acid groups (broad SMARTS) is 1. The van der Waals surface area contributed by atoms with Crippen molar-refractivity contribution in [2.75, 3.05) is 11.9 Å². The molecule has 4 rings (SSSR count). The highest BCUT2D eigenvalue weighted by molar-refractivity contribution is 7.89. The molecule has 2 aromatic heterocycles. The number of carbonyl (C=O) groups excluding carboxylic acids is 1. The van der Waals surface area contributed by atoms with Crippen molar-refractivity contribution in [2.45, 2.75) is 38.3 Å². The van der Waals surface area contributed by atoms with E-state index in [-0.39, 0.29) is 10.5 Å². The van der Waals surface area contributed by atoms with Crippen LogP contribution in [-0.2, 0) is 28.4 Å². The molecule has 2 aromatic carbocycles. The molecule has 1 atom stereocenters. The van der Waals surface area contributed by atoms with E-state index < -0.39 is 39.9 Å². The Balaban J connectivity index is 1.51. The molecule has 5 N–H and O–H groups in total. The van der Waals surface area contributed by atoms with Gasteiger partial charge in [-0.2, -0.15) is 4.72 Å². The third-order valence-corrected chi connectivity index (χ3v) is 8.17. The van der Waals surface area contributed by atoms with Gasteiger partial charge in [0, 0.05) is 44.1 Å². The molecule has 0 bridgehead atoms. The number of carboxylic acids is 1. The number of carbonyl (C=O) groups is 2. The van der Waals surface area contributed by atoms with Crippen molar-refractivity contribution in [3.8, 4) is 0 Å². The number of aryl methyl sites for hydroxylation is 4. The number of amides is 1. The van der Waals surface area contributed by atoms with E-state index >= 15 is 0 Å². The molecule has 2 heterocycles. The third kappa shape index (κ3) is 6.05. The molecule has 13 heteroatoms. The second-order valence-electron chi connectivity index (χ2n) is 9.58. The van der Waals surface area contributed by atoms with Crippen molar-refractivity contribution in [3.05, 3.63) is 87.0 Å². The summed E-state index contributed by atoms with van der Waals surface area (Å²) in [5.74, 6) is -1.69. The monoisotopic (exact) mass is 566 g/mol. The summed E-state index contributed by atoms with van der Waals surface area (Å²) in [6.07, 6.45) is 4.68. The van der Waals surface area contributed by atoms with Gasteiger partial charge in [0.05, 0.1) is 10.4 Å². The molecule has 0 radical (unpaired) electrons. The Kier molecular flexibility index (Phi) is 8.07. The van der Waals surface area contributed by atoms with E-state index in [1.165, 1.54) is 6.20 Å². The number of benzene rings is 2. The lowest BCUT2D eigenvalue weighted by Crippen LogP contribution is -2.49. The van der Waals surface area contributed by atoms with Gasteiger partial charge < -0.3 is 25.3 Å². The van der Waals surface area contributed by atoms with Crippen LogP contribution in [0.5, 0.6) is 0 Å². The first-order valence-corrected chi connectivity index (χ1v) is 13.8. The molecule has 0 aliphatic rings. The summed E-state index contributed by atoms with van der Waals surface area (Å²) < 4.78 is 29.9. The molecule has 4 aromatic rings. The number of aliphatic carboxylic acids is 1. The molecule has 0 aliphatic heterocycles. The predicted octanol–water partition coefficient (Wildman–Crippen LogP) is 1.96. The fraction of sp³-hybridized carbons (Fsp3) is 0.259. The molecule has 0 unspecified atom stereocenters. The second-order valence-corrected chi connectivity index (χ2v) is 11.2. The Bertz CT molecular complexity index is 1740. The average molecular weight is 567 g/mol. The Labute approximate surface area is 230 Å². The standard InChI is InChI=1S/C27H30N6O6S/c1-15-9-16(2)24(17(3)10-15)40(38,39)32-21(26(36)37)13-30-25(35)20-14-33(4)22-11-18(5-6-19(22)23(20)34)12-31-27-28-7-8-29-27/h5-11,14,21,32H,12-13H2,1-4H3,(H,30,35)(H,36,37)(H2,28,29,31)/t21-/m0/s1. The number of nitrogens with one attached hydrogen (secondary N) is 4. The van der Waals surface area contributed by atoms with E-state index in [0.29, 0.717) is 34.5 Å². The highest BCUT2D eigenvalue weighted by atomic mass is 32.2. The summed E-state index contributed by atoms with van der Waals surface area (Å²) >= 11 is 0. The van der Waals surface area contributed by atoms with Crippen LogP contribution in [0.4, 0.5) is 5.95 Å². The molecule has 12 nitrogen and oxygen atoms in total. The van der Waals surface area contributed by atoms with Gasteiger partial charge in [-0.25, -0.2) is 13.4 Å². The number of pyridine rings is 1. The third-order valence-electron chi connectivity index (χ3n) is 6.39. The fourth-order valence-corrected chi connectivity index (χ4v) is 6.30. The van der Waals surface area contributed by atoms with Gasteiger partial charge in [0.25, 0.3) is 5.91 Å². The van der Waals surface area contributed by atoms with Crippen molar-refractivity contribution < 1.29 is 23.1 Å². The quantitative estimate of drug-likeness (QED) is 0.194. The number of sulfonamides is 1. The van der Waals surface area contributed by atoms with Gasteiger partial charge in [0.15, 0.2) is 5.95 Å². The maximum Gasteiger partial charge on any atom is 0.323 e. The molecule has 0 saturated carbocycles. The van der Waals surface area contributed by atoms with Crippen LogP contribution in [0.15, 0.2) is 58.6 Å². The van der Waals surface area contributed by atoms with Crippen LogP contribution in [-0.4, -0.2) is 52.5 Å². The molecule has 1 amide bonds. The SMILES string of the molecule is Cc1cc(C)c(S(=O)(=O)N[C@@H](CNC(=O)c2cn(C)c3cc(CNc4ncc[nH]4)ccc3c2=O)C(=O)O)c(C)c1. The summed E-state index contributed by atoms with van der Waals surface area (Å²) in [7, 11) is -2.54. The number of fused-ring (bicyclic) bond motifs is 1. The first kappa shape index (κ1) is 28.5. The number of aromatic nitrogens is 3. The maximum atomic E-state index is 13.1. The predicted molar refractivity (Wildman–Crippen MR) is 150 cm³/mol.